The van der Waals surface area contributed by atoms with E-state index in [2.05, 4.69) is 20.8 Å². The summed E-state index contributed by atoms with van der Waals surface area (Å²) >= 11 is 0. The fraction of sp³-hybridized carbons (Fsp3) is 0.200. The molecular formula is C20H19N5O5. The van der Waals surface area contributed by atoms with Gasteiger partial charge in [0.2, 0.25) is 0 Å². The lowest BCUT2D eigenvalue weighted by molar-refractivity contribution is -0.121. The van der Waals surface area contributed by atoms with Crippen LogP contribution in [-0.2, 0) is 9.53 Å². The third kappa shape index (κ3) is 3.75. The van der Waals surface area contributed by atoms with Gasteiger partial charge in [-0.3, -0.25) is 9.89 Å². The summed E-state index contributed by atoms with van der Waals surface area (Å²) < 4.78 is 10.1. The molecule has 0 unspecified atom stereocenters. The van der Waals surface area contributed by atoms with Crippen molar-refractivity contribution in [2.45, 2.75) is 0 Å². The third-order valence-corrected chi connectivity index (χ3v) is 4.63. The number of benzene rings is 2. The molecule has 3 aromatic rings. The average molecular weight is 409 g/mol. The molecule has 0 spiro atoms. The van der Waals surface area contributed by atoms with E-state index in [0.29, 0.717) is 34.6 Å². The summed E-state index contributed by atoms with van der Waals surface area (Å²) in [6.45, 7) is 0.517. The topological polar surface area (TPSA) is 126 Å². The third-order valence-electron chi connectivity index (χ3n) is 4.63. The van der Waals surface area contributed by atoms with Gasteiger partial charge in [-0.1, -0.05) is 12.1 Å². The van der Waals surface area contributed by atoms with E-state index in [1.165, 1.54) is 7.11 Å². The molecule has 10 nitrogen and oxygen atoms in total. The molecule has 0 saturated carbocycles. The normalized spacial score (nSPS) is 12.8. The van der Waals surface area contributed by atoms with Crippen LogP contribution in [0.3, 0.4) is 0 Å². The molecule has 154 valence electrons. The number of fused-ring (bicyclic) bond motifs is 2. The first-order chi connectivity index (χ1) is 14.6. The number of nitrogens with zero attached hydrogens (tertiary/aromatic N) is 2. The van der Waals surface area contributed by atoms with E-state index in [1.807, 2.05) is 12.1 Å². The van der Waals surface area contributed by atoms with Gasteiger partial charge < -0.3 is 25.0 Å². The molecule has 0 bridgehead atoms. The Kier molecular flexibility index (Phi) is 5.21. The maximum Gasteiger partial charge on any atom is 0.359 e. The van der Waals surface area contributed by atoms with Crippen molar-refractivity contribution in [3.8, 4) is 5.75 Å². The Morgan fingerprint density at radius 3 is 2.93 bits per heavy atom. The maximum atomic E-state index is 12.3. The molecule has 0 aliphatic carbocycles. The number of rotatable bonds is 5. The van der Waals surface area contributed by atoms with Gasteiger partial charge in [-0.2, -0.15) is 5.10 Å². The second-order valence-electron chi connectivity index (χ2n) is 6.51. The summed E-state index contributed by atoms with van der Waals surface area (Å²) in [7, 11) is 1.27. The highest BCUT2D eigenvalue weighted by Gasteiger charge is 2.24. The highest BCUT2D eigenvalue weighted by molar-refractivity contribution is 6.03. The second-order valence-corrected chi connectivity index (χ2v) is 6.51. The summed E-state index contributed by atoms with van der Waals surface area (Å²) in [5.41, 5.74) is 1.95. The first-order valence-electron chi connectivity index (χ1n) is 9.20. The Morgan fingerprint density at radius 1 is 1.27 bits per heavy atom. The van der Waals surface area contributed by atoms with Crippen molar-refractivity contribution in [3.05, 3.63) is 48.2 Å². The molecule has 1 aromatic heterocycles. The monoisotopic (exact) mass is 409 g/mol. The molecule has 0 fully saturated rings. The fourth-order valence-corrected chi connectivity index (χ4v) is 3.20. The quantitative estimate of drug-likeness (QED) is 0.553. The van der Waals surface area contributed by atoms with Crippen molar-refractivity contribution in [1.82, 2.24) is 15.5 Å². The number of amides is 3. The standard InChI is InChI=1S/C20H19N5O5/c1-29-19(27)18-13-10-12(6-7-14(13)23-24-18)22-20(28)21-8-9-25-15-4-2-3-5-16(15)30-11-17(25)26/h2-7,10H,8-9,11H2,1H3,(H,23,24)(H2,21,22,28). The van der Waals surface area contributed by atoms with Crippen LogP contribution in [-0.4, -0.2) is 54.9 Å². The minimum absolute atomic E-state index is 0.0313. The molecule has 3 amide bonds. The van der Waals surface area contributed by atoms with Crippen LogP contribution in [0.5, 0.6) is 5.75 Å². The number of ether oxygens (including phenoxy) is 2. The van der Waals surface area contributed by atoms with Gasteiger partial charge in [0.05, 0.1) is 18.3 Å². The zero-order chi connectivity index (χ0) is 21.1. The lowest BCUT2D eigenvalue weighted by Gasteiger charge is -2.29. The van der Waals surface area contributed by atoms with E-state index in [-0.39, 0.29) is 24.8 Å². The number of hydrogen-bond donors (Lipinski definition) is 3. The highest BCUT2D eigenvalue weighted by atomic mass is 16.5. The summed E-state index contributed by atoms with van der Waals surface area (Å²) in [4.78, 5) is 37.8. The van der Waals surface area contributed by atoms with Gasteiger partial charge in [0.25, 0.3) is 5.91 Å². The summed E-state index contributed by atoms with van der Waals surface area (Å²) in [6, 6.07) is 11.8. The van der Waals surface area contributed by atoms with Gasteiger partial charge >= 0.3 is 12.0 Å². The number of urea groups is 1. The molecule has 2 heterocycles. The van der Waals surface area contributed by atoms with Gasteiger partial charge in [-0.05, 0) is 30.3 Å². The van der Waals surface area contributed by atoms with Crippen molar-refractivity contribution in [1.29, 1.82) is 0 Å². The van der Waals surface area contributed by atoms with Crippen LogP contribution in [0.2, 0.25) is 0 Å². The number of carbonyl (C=O) groups excluding carboxylic acids is 3. The number of esters is 1. The Morgan fingerprint density at radius 2 is 2.10 bits per heavy atom. The molecule has 0 saturated heterocycles. The van der Waals surface area contributed by atoms with Crippen LogP contribution in [0.4, 0.5) is 16.2 Å². The van der Waals surface area contributed by atoms with Gasteiger partial charge in [-0.25, -0.2) is 9.59 Å². The van der Waals surface area contributed by atoms with Crippen molar-refractivity contribution < 1.29 is 23.9 Å². The Hall–Kier alpha value is -4.08. The number of carbonyl (C=O) groups is 3. The van der Waals surface area contributed by atoms with Crippen LogP contribution in [0.25, 0.3) is 10.9 Å². The van der Waals surface area contributed by atoms with E-state index in [0.717, 1.165) is 0 Å². The van der Waals surface area contributed by atoms with Crippen molar-refractivity contribution in [2.75, 3.05) is 37.0 Å². The molecule has 1 aliphatic rings. The molecule has 4 rings (SSSR count). The largest absolute Gasteiger partial charge is 0.482 e. The van der Waals surface area contributed by atoms with Crippen LogP contribution >= 0.6 is 0 Å². The lowest BCUT2D eigenvalue weighted by Crippen LogP contribution is -2.44. The number of H-pyrrole nitrogens is 1. The van der Waals surface area contributed by atoms with E-state index in [4.69, 9.17) is 9.47 Å². The zero-order valence-electron chi connectivity index (χ0n) is 16.1. The second kappa shape index (κ2) is 8.11. The summed E-state index contributed by atoms with van der Waals surface area (Å²) in [5, 5.41) is 12.6. The molecule has 0 radical (unpaired) electrons. The number of methoxy groups -OCH3 is 1. The number of nitrogens with one attached hydrogen (secondary N) is 3. The van der Waals surface area contributed by atoms with Gasteiger partial charge in [0.1, 0.15) is 5.75 Å². The van der Waals surface area contributed by atoms with Crippen molar-refractivity contribution in [3.63, 3.8) is 0 Å². The zero-order valence-corrected chi connectivity index (χ0v) is 16.1. The fourth-order valence-electron chi connectivity index (χ4n) is 3.20. The smallest absolute Gasteiger partial charge is 0.359 e. The van der Waals surface area contributed by atoms with Crippen LogP contribution in [0, 0.1) is 0 Å². The molecule has 2 aromatic carbocycles. The summed E-state index contributed by atoms with van der Waals surface area (Å²) in [5.74, 6) is -0.105. The van der Waals surface area contributed by atoms with Gasteiger partial charge in [-0.15, -0.1) is 0 Å². The minimum atomic E-state index is -0.571. The van der Waals surface area contributed by atoms with E-state index >= 15 is 0 Å². The van der Waals surface area contributed by atoms with Crippen molar-refractivity contribution in [2.24, 2.45) is 0 Å². The molecule has 1 aliphatic heterocycles. The van der Waals surface area contributed by atoms with Gasteiger partial charge in [0, 0.05) is 24.2 Å². The van der Waals surface area contributed by atoms with E-state index < -0.39 is 12.0 Å². The number of aromatic amines is 1. The van der Waals surface area contributed by atoms with Crippen LogP contribution < -0.4 is 20.3 Å². The molecule has 0 atom stereocenters. The Balaban J connectivity index is 1.37. The molecule has 10 heteroatoms. The summed E-state index contributed by atoms with van der Waals surface area (Å²) in [6.07, 6.45) is 0. The molecular weight excluding hydrogens is 390 g/mol. The number of aromatic nitrogens is 2. The van der Waals surface area contributed by atoms with Crippen molar-refractivity contribution >= 4 is 40.2 Å². The van der Waals surface area contributed by atoms with E-state index in [1.54, 1.807) is 35.2 Å². The first-order valence-corrected chi connectivity index (χ1v) is 9.20. The molecule has 3 N–H and O–H groups in total. The number of hydrogen-bond acceptors (Lipinski definition) is 6. The Labute approximate surface area is 171 Å². The lowest BCUT2D eigenvalue weighted by atomic mass is 10.2. The van der Waals surface area contributed by atoms with Crippen LogP contribution in [0.15, 0.2) is 42.5 Å². The van der Waals surface area contributed by atoms with E-state index in [9.17, 15) is 14.4 Å². The van der Waals surface area contributed by atoms with Crippen LogP contribution in [0.1, 0.15) is 10.5 Å². The maximum absolute atomic E-state index is 12.3. The van der Waals surface area contributed by atoms with Gasteiger partial charge in [0.15, 0.2) is 12.3 Å². The SMILES string of the molecule is COC(=O)c1n[nH]c2ccc(NC(=O)NCCN3C(=O)COc4ccccc43)cc12. The first kappa shape index (κ1) is 19.2. The average Bonchev–Trinajstić information content (AvgIpc) is 3.18. The number of para-hydroxylation sites is 2. The number of anilines is 2. The Bertz CT molecular complexity index is 1130. The predicted octanol–water partition coefficient (Wildman–Crippen LogP) is 1.90. The molecule has 30 heavy (non-hydrogen) atoms. The predicted molar refractivity (Wildman–Crippen MR) is 109 cm³/mol. The highest BCUT2D eigenvalue weighted by Crippen LogP contribution is 2.31. The minimum Gasteiger partial charge on any atom is -0.482 e.